The number of hydrogen-bond donors (Lipinski definition) is 1. The second-order valence-electron chi connectivity index (χ2n) is 1.08. The minimum atomic E-state index is 0.449. The van der Waals surface area contributed by atoms with Gasteiger partial charge in [-0.3, -0.25) is 0 Å². The van der Waals surface area contributed by atoms with Crippen LogP contribution < -0.4 is 0 Å². The van der Waals surface area contributed by atoms with E-state index in [9.17, 15) is 0 Å². The van der Waals surface area contributed by atoms with Crippen molar-refractivity contribution < 1.29 is 0 Å². The zero-order valence-corrected chi connectivity index (χ0v) is 4.85. The molecular formula is C4H2Cl2N. The van der Waals surface area contributed by atoms with Gasteiger partial charge in [-0.1, -0.05) is 23.2 Å². The maximum atomic E-state index is 5.39. The van der Waals surface area contributed by atoms with Gasteiger partial charge in [0.05, 0.1) is 0 Å². The van der Waals surface area contributed by atoms with Crippen molar-refractivity contribution >= 4 is 23.2 Å². The molecule has 1 rings (SSSR count). The average Bonchev–Trinajstić information content (AvgIpc) is 1.87. The second-order valence-corrected chi connectivity index (χ2v) is 1.86. The minimum absolute atomic E-state index is 0.449. The molecule has 0 bridgehead atoms. The van der Waals surface area contributed by atoms with Crippen LogP contribution in [0.15, 0.2) is 6.07 Å². The Labute approximate surface area is 51.2 Å². The lowest BCUT2D eigenvalue weighted by Crippen LogP contribution is -1.55. The number of rotatable bonds is 0. The fraction of sp³-hybridized carbons (Fsp3) is 0. The Hall–Kier alpha value is -0.140. The monoisotopic (exact) mass is 134 g/mol. The normalized spacial score (nSPS) is 9.43. The van der Waals surface area contributed by atoms with Crippen LogP contribution in [0.25, 0.3) is 0 Å². The van der Waals surface area contributed by atoms with Crippen molar-refractivity contribution in [3.63, 3.8) is 0 Å². The zero-order valence-electron chi connectivity index (χ0n) is 3.33. The van der Waals surface area contributed by atoms with E-state index in [-0.39, 0.29) is 0 Å². The summed E-state index contributed by atoms with van der Waals surface area (Å²) in [5.41, 5.74) is 0. The van der Waals surface area contributed by atoms with E-state index in [1.807, 2.05) is 0 Å². The SMILES string of the molecule is Clc1[c]cc(Cl)[nH]1. The third kappa shape index (κ3) is 1.11. The first-order valence-electron chi connectivity index (χ1n) is 1.71. The standard InChI is InChI=1S/C4H2Cl2N/c5-3-1-2-4(6)7-3/h1,7H. The van der Waals surface area contributed by atoms with Gasteiger partial charge in [-0.25, -0.2) is 0 Å². The first-order valence-corrected chi connectivity index (χ1v) is 2.46. The predicted molar refractivity (Wildman–Crippen MR) is 29.6 cm³/mol. The van der Waals surface area contributed by atoms with E-state index in [0.29, 0.717) is 10.3 Å². The quantitative estimate of drug-likeness (QED) is 0.560. The van der Waals surface area contributed by atoms with Crippen molar-refractivity contribution in [2.45, 2.75) is 0 Å². The van der Waals surface area contributed by atoms with Crippen molar-refractivity contribution in [1.29, 1.82) is 0 Å². The lowest BCUT2D eigenvalue weighted by Gasteiger charge is -1.72. The smallest absolute Gasteiger partial charge is 0.115 e. The number of halogens is 2. The average molecular weight is 135 g/mol. The number of aromatic amines is 1. The molecule has 1 heterocycles. The molecule has 0 fully saturated rings. The molecule has 0 saturated carbocycles. The number of H-pyrrole nitrogens is 1. The van der Waals surface area contributed by atoms with Crippen LogP contribution in [0.1, 0.15) is 0 Å². The molecule has 0 amide bonds. The highest BCUT2D eigenvalue weighted by Gasteiger charge is 1.87. The summed E-state index contributed by atoms with van der Waals surface area (Å²) < 4.78 is 0. The summed E-state index contributed by atoms with van der Waals surface area (Å²) in [6, 6.07) is 4.22. The highest BCUT2D eigenvalue weighted by molar-refractivity contribution is 6.32. The van der Waals surface area contributed by atoms with E-state index in [1.54, 1.807) is 6.07 Å². The van der Waals surface area contributed by atoms with Gasteiger partial charge in [-0.05, 0) is 6.07 Å². The first-order chi connectivity index (χ1) is 3.29. The van der Waals surface area contributed by atoms with Gasteiger partial charge in [0, 0.05) is 6.07 Å². The van der Waals surface area contributed by atoms with Crippen LogP contribution in [0.2, 0.25) is 10.3 Å². The van der Waals surface area contributed by atoms with Crippen molar-refractivity contribution in [2.75, 3.05) is 0 Å². The summed E-state index contributed by atoms with van der Waals surface area (Å²) in [4.78, 5) is 2.61. The Morgan fingerprint density at radius 3 is 2.43 bits per heavy atom. The number of nitrogens with one attached hydrogen (secondary N) is 1. The Bertz CT molecular complexity index is 142. The van der Waals surface area contributed by atoms with Crippen LogP contribution in [0.3, 0.4) is 0 Å². The molecule has 1 aromatic heterocycles. The topological polar surface area (TPSA) is 15.8 Å². The van der Waals surface area contributed by atoms with Gasteiger partial charge in [-0.15, -0.1) is 0 Å². The summed E-state index contributed by atoms with van der Waals surface area (Å²) >= 11 is 10.8. The lowest BCUT2D eigenvalue weighted by molar-refractivity contribution is 1.41. The minimum Gasteiger partial charge on any atom is -0.336 e. The van der Waals surface area contributed by atoms with E-state index < -0.39 is 0 Å². The van der Waals surface area contributed by atoms with Gasteiger partial charge in [0.25, 0.3) is 0 Å². The van der Waals surface area contributed by atoms with Crippen molar-refractivity contribution in [3.05, 3.63) is 22.4 Å². The Morgan fingerprint density at radius 1 is 1.57 bits per heavy atom. The van der Waals surface area contributed by atoms with Crippen LogP contribution in [-0.4, -0.2) is 4.98 Å². The Balaban J connectivity index is 3.04. The summed E-state index contributed by atoms with van der Waals surface area (Å²) in [6.45, 7) is 0. The molecule has 0 unspecified atom stereocenters. The van der Waals surface area contributed by atoms with Gasteiger partial charge in [-0.2, -0.15) is 0 Å². The Morgan fingerprint density at radius 2 is 2.29 bits per heavy atom. The predicted octanol–water partition coefficient (Wildman–Crippen LogP) is 2.12. The molecule has 1 aromatic rings. The number of hydrogen-bond acceptors (Lipinski definition) is 0. The van der Waals surface area contributed by atoms with Crippen LogP contribution in [-0.2, 0) is 0 Å². The second kappa shape index (κ2) is 1.76. The summed E-state index contributed by atoms with van der Waals surface area (Å²) in [6.07, 6.45) is 0. The molecular weight excluding hydrogens is 133 g/mol. The van der Waals surface area contributed by atoms with Gasteiger partial charge in [0.2, 0.25) is 0 Å². The summed E-state index contributed by atoms with van der Waals surface area (Å²) in [5.74, 6) is 0. The van der Waals surface area contributed by atoms with Gasteiger partial charge in [0.15, 0.2) is 0 Å². The molecule has 0 aliphatic rings. The maximum absolute atomic E-state index is 5.39. The molecule has 0 saturated heterocycles. The molecule has 1 radical (unpaired) electrons. The third-order valence-corrected chi connectivity index (χ3v) is 0.962. The highest BCUT2D eigenvalue weighted by Crippen LogP contribution is 2.09. The lowest BCUT2D eigenvalue weighted by atomic mass is 10.7. The fourth-order valence-electron chi connectivity index (χ4n) is 0.304. The van der Waals surface area contributed by atoms with Crippen LogP contribution in [0, 0.1) is 6.07 Å². The summed E-state index contributed by atoms with van der Waals surface area (Å²) in [7, 11) is 0. The van der Waals surface area contributed by atoms with Crippen molar-refractivity contribution in [2.24, 2.45) is 0 Å². The first kappa shape index (κ1) is 5.01. The van der Waals surface area contributed by atoms with Gasteiger partial charge >= 0.3 is 0 Å². The van der Waals surface area contributed by atoms with E-state index >= 15 is 0 Å². The van der Waals surface area contributed by atoms with Crippen molar-refractivity contribution in [1.82, 2.24) is 4.98 Å². The molecule has 3 heteroatoms. The van der Waals surface area contributed by atoms with Crippen LogP contribution in [0.4, 0.5) is 0 Å². The molecule has 37 valence electrons. The van der Waals surface area contributed by atoms with Crippen LogP contribution in [0.5, 0.6) is 0 Å². The largest absolute Gasteiger partial charge is 0.336 e. The fourth-order valence-corrected chi connectivity index (χ4v) is 0.657. The van der Waals surface area contributed by atoms with E-state index in [0.717, 1.165) is 0 Å². The van der Waals surface area contributed by atoms with E-state index in [4.69, 9.17) is 23.2 Å². The molecule has 0 aliphatic carbocycles. The molecule has 7 heavy (non-hydrogen) atoms. The number of aromatic nitrogens is 1. The molecule has 0 spiro atoms. The molecule has 0 aromatic carbocycles. The van der Waals surface area contributed by atoms with Gasteiger partial charge in [0.1, 0.15) is 10.3 Å². The molecule has 0 aliphatic heterocycles. The molecule has 1 N–H and O–H groups in total. The molecule has 0 atom stereocenters. The van der Waals surface area contributed by atoms with Crippen LogP contribution >= 0.6 is 23.2 Å². The van der Waals surface area contributed by atoms with E-state index in [1.165, 1.54) is 0 Å². The highest BCUT2D eigenvalue weighted by atomic mass is 35.5. The van der Waals surface area contributed by atoms with E-state index in [2.05, 4.69) is 11.1 Å². The Kier molecular flexibility index (Phi) is 1.26. The van der Waals surface area contributed by atoms with Crippen molar-refractivity contribution in [3.8, 4) is 0 Å². The maximum Gasteiger partial charge on any atom is 0.115 e. The van der Waals surface area contributed by atoms with Gasteiger partial charge < -0.3 is 4.98 Å². The molecule has 1 nitrogen and oxygen atoms in total. The summed E-state index contributed by atoms with van der Waals surface area (Å²) in [5, 5.41) is 0.968. The zero-order chi connectivity index (χ0) is 5.28. The third-order valence-electron chi connectivity index (χ3n) is 0.555.